The van der Waals surface area contributed by atoms with E-state index >= 15 is 0 Å². The average Bonchev–Trinajstić information content (AvgIpc) is 3.14. The van der Waals surface area contributed by atoms with E-state index in [2.05, 4.69) is 10.4 Å². The molecule has 2 N–H and O–H groups in total. The first-order valence-electron chi connectivity index (χ1n) is 7.91. The minimum Gasteiger partial charge on any atom is -0.481 e. The van der Waals surface area contributed by atoms with Crippen molar-refractivity contribution in [2.45, 2.75) is 32.2 Å². The zero-order valence-corrected chi connectivity index (χ0v) is 15.0. The summed E-state index contributed by atoms with van der Waals surface area (Å²) in [6.45, 7) is 1.82. The monoisotopic (exact) mass is 381 g/mol. The second-order valence-corrected chi connectivity index (χ2v) is 7.04. The molecule has 0 aliphatic heterocycles. The molecule has 6 nitrogen and oxygen atoms in total. The number of nitrogens with one attached hydrogen (secondary N) is 1. The molecule has 1 aliphatic rings. The van der Waals surface area contributed by atoms with Gasteiger partial charge in [0.25, 0.3) is 5.91 Å². The highest BCUT2D eigenvalue weighted by Crippen LogP contribution is 2.27. The molecule has 1 aromatic heterocycles. The van der Waals surface area contributed by atoms with Gasteiger partial charge in [-0.3, -0.25) is 9.59 Å². The van der Waals surface area contributed by atoms with Crippen LogP contribution in [0.4, 0.5) is 0 Å². The number of hydrogen-bond acceptors (Lipinski definition) is 3. The lowest BCUT2D eigenvalue weighted by atomic mass is 10.1. The van der Waals surface area contributed by atoms with Gasteiger partial charge in [-0.2, -0.15) is 5.10 Å². The molecule has 0 bridgehead atoms. The number of carbonyl (C=O) groups excluding carboxylic acids is 1. The lowest BCUT2D eigenvalue weighted by molar-refractivity contribution is -0.141. The molecule has 0 spiro atoms. The van der Waals surface area contributed by atoms with Crippen molar-refractivity contribution in [3.63, 3.8) is 0 Å². The summed E-state index contributed by atoms with van der Waals surface area (Å²) < 4.78 is 1.59. The zero-order chi connectivity index (χ0) is 18.1. The predicted octanol–water partition coefficient (Wildman–Crippen LogP) is 3.47. The number of rotatable bonds is 4. The Hall–Kier alpha value is -2.05. The van der Waals surface area contributed by atoms with Gasteiger partial charge in [-0.25, -0.2) is 4.68 Å². The number of nitrogens with zero attached hydrogens (tertiary/aromatic N) is 2. The van der Waals surface area contributed by atoms with Crippen LogP contribution in [-0.4, -0.2) is 32.8 Å². The van der Waals surface area contributed by atoms with E-state index in [0.717, 1.165) is 5.69 Å². The molecule has 0 saturated heterocycles. The summed E-state index contributed by atoms with van der Waals surface area (Å²) in [6, 6.07) is 6.58. The van der Waals surface area contributed by atoms with Crippen LogP contribution in [0.3, 0.4) is 0 Å². The number of aryl methyl sites for hydroxylation is 1. The van der Waals surface area contributed by atoms with Gasteiger partial charge in [-0.05, 0) is 50.5 Å². The van der Waals surface area contributed by atoms with Crippen molar-refractivity contribution in [3.8, 4) is 5.69 Å². The lowest BCUT2D eigenvalue weighted by Gasteiger charge is -2.11. The van der Waals surface area contributed by atoms with Gasteiger partial charge in [-0.1, -0.05) is 23.2 Å². The van der Waals surface area contributed by atoms with Gasteiger partial charge < -0.3 is 10.4 Å². The van der Waals surface area contributed by atoms with E-state index in [1.54, 1.807) is 28.9 Å². The van der Waals surface area contributed by atoms with Crippen molar-refractivity contribution >= 4 is 35.1 Å². The Morgan fingerprint density at radius 2 is 2.04 bits per heavy atom. The number of carboxylic acids is 1. The molecule has 1 amide bonds. The predicted molar refractivity (Wildman–Crippen MR) is 94.6 cm³/mol. The van der Waals surface area contributed by atoms with E-state index in [9.17, 15) is 9.59 Å². The van der Waals surface area contributed by atoms with Gasteiger partial charge in [0.2, 0.25) is 0 Å². The van der Waals surface area contributed by atoms with Crippen molar-refractivity contribution in [1.82, 2.24) is 15.1 Å². The molecule has 1 fully saturated rings. The van der Waals surface area contributed by atoms with E-state index in [4.69, 9.17) is 28.3 Å². The van der Waals surface area contributed by atoms with Gasteiger partial charge in [0.15, 0.2) is 5.69 Å². The van der Waals surface area contributed by atoms with Crippen LogP contribution >= 0.6 is 23.2 Å². The van der Waals surface area contributed by atoms with Gasteiger partial charge in [0.1, 0.15) is 0 Å². The van der Waals surface area contributed by atoms with Crippen LogP contribution in [0.25, 0.3) is 5.69 Å². The molecule has 2 atom stereocenters. The topological polar surface area (TPSA) is 84.2 Å². The number of carbonyl (C=O) groups is 2. The minimum atomic E-state index is -0.811. The molecule has 8 heteroatoms. The maximum absolute atomic E-state index is 12.4. The number of benzene rings is 1. The molecular weight excluding hydrogens is 365 g/mol. The van der Waals surface area contributed by atoms with Crippen molar-refractivity contribution in [2.24, 2.45) is 5.92 Å². The van der Waals surface area contributed by atoms with E-state index in [0.29, 0.717) is 35.0 Å². The first-order chi connectivity index (χ1) is 11.8. The Bertz CT molecular complexity index is 835. The van der Waals surface area contributed by atoms with Crippen molar-refractivity contribution in [2.75, 3.05) is 0 Å². The Morgan fingerprint density at radius 1 is 1.28 bits per heavy atom. The normalized spacial score (nSPS) is 19.8. The second kappa shape index (κ2) is 7.06. The summed E-state index contributed by atoms with van der Waals surface area (Å²) >= 11 is 12.1. The highest BCUT2D eigenvalue weighted by atomic mass is 35.5. The SMILES string of the molecule is Cc1cc(C(=O)N[C@H]2CC[C@@H](C(=O)O)C2)nn1-c1ccc(Cl)cc1Cl. The Kier molecular flexibility index (Phi) is 5.01. The molecule has 1 aliphatic carbocycles. The van der Waals surface area contributed by atoms with Gasteiger partial charge in [0.05, 0.1) is 16.6 Å². The Balaban J connectivity index is 1.76. The molecule has 1 aromatic carbocycles. The van der Waals surface area contributed by atoms with Crippen molar-refractivity contribution in [1.29, 1.82) is 0 Å². The van der Waals surface area contributed by atoms with Gasteiger partial charge >= 0.3 is 5.97 Å². The van der Waals surface area contributed by atoms with Crippen LogP contribution in [0, 0.1) is 12.8 Å². The summed E-state index contributed by atoms with van der Waals surface area (Å²) in [4.78, 5) is 23.4. The second-order valence-electron chi connectivity index (χ2n) is 6.20. The number of hydrogen-bond donors (Lipinski definition) is 2. The first-order valence-corrected chi connectivity index (χ1v) is 8.66. The maximum Gasteiger partial charge on any atom is 0.306 e. The molecule has 132 valence electrons. The molecule has 3 rings (SSSR count). The highest BCUT2D eigenvalue weighted by Gasteiger charge is 2.31. The Morgan fingerprint density at radius 3 is 2.68 bits per heavy atom. The molecule has 2 aromatic rings. The standard InChI is InChI=1S/C17H17Cl2N3O3/c1-9-6-14(16(23)20-12-4-2-10(7-12)17(24)25)21-22(9)15-5-3-11(18)8-13(15)19/h3,5-6,8,10,12H,2,4,7H2,1H3,(H,20,23)(H,24,25)/t10-,12+/m1/s1. The fourth-order valence-corrected chi connectivity index (χ4v) is 3.57. The van der Waals surface area contributed by atoms with Crippen LogP contribution in [0.5, 0.6) is 0 Å². The van der Waals surface area contributed by atoms with Crippen LogP contribution < -0.4 is 5.32 Å². The van der Waals surface area contributed by atoms with Gasteiger partial charge in [0, 0.05) is 16.8 Å². The summed E-state index contributed by atoms with van der Waals surface area (Å²) in [6.07, 6.45) is 1.68. The summed E-state index contributed by atoms with van der Waals surface area (Å²) in [5.74, 6) is -1.52. The van der Waals surface area contributed by atoms with Crippen LogP contribution in [-0.2, 0) is 4.79 Å². The van der Waals surface area contributed by atoms with E-state index in [1.807, 2.05) is 6.92 Å². The first kappa shape index (κ1) is 17.8. The number of aliphatic carboxylic acids is 1. The third-order valence-electron chi connectivity index (χ3n) is 4.38. The minimum absolute atomic E-state index is 0.141. The molecule has 0 radical (unpaired) electrons. The highest BCUT2D eigenvalue weighted by molar-refractivity contribution is 6.35. The van der Waals surface area contributed by atoms with E-state index in [1.165, 1.54) is 0 Å². The largest absolute Gasteiger partial charge is 0.481 e. The smallest absolute Gasteiger partial charge is 0.306 e. The fraction of sp³-hybridized carbons (Fsp3) is 0.353. The number of carboxylic acid groups (broad SMARTS) is 1. The third kappa shape index (κ3) is 3.80. The quantitative estimate of drug-likeness (QED) is 0.848. The van der Waals surface area contributed by atoms with Crippen LogP contribution in [0.1, 0.15) is 35.4 Å². The number of aromatic nitrogens is 2. The van der Waals surface area contributed by atoms with E-state index in [-0.39, 0.29) is 17.6 Å². The molecule has 1 heterocycles. The molecular formula is C17H17Cl2N3O3. The van der Waals surface area contributed by atoms with Crippen molar-refractivity contribution < 1.29 is 14.7 Å². The van der Waals surface area contributed by atoms with Crippen LogP contribution in [0.2, 0.25) is 10.0 Å². The molecule has 1 saturated carbocycles. The lowest BCUT2D eigenvalue weighted by Crippen LogP contribution is -2.33. The average molecular weight is 382 g/mol. The number of amides is 1. The zero-order valence-electron chi connectivity index (χ0n) is 13.5. The third-order valence-corrected chi connectivity index (χ3v) is 4.91. The summed E-state index contributed by atoms with van der Waals surface area (Å²) in [5.41, 5.74) is 1.65. The summed E-state index contributed by atoms with van der Waals surface area (Å²) in [5, 5.41) is 17.2. The summed E-state index contributed by atoms with van der Waals surface area (Å²) in [7, 11) is 0. The van der Waals surface area contributed by atoms with Gasteiger partial charge in [-0.15, -0.1) is 0 Å². The molecule has 25 heavy (non-hydrogen) atoms. The maximum atomic E-state index is 12.4. The molecule has 0 unspecified atom stereocenters. The number of halogens is 2. The van der Waals surface area contributed by atoms with Crippen LogP contribution in [0.15, 0.2) is 24.3 Å². The van der Waals surface area contributed by atoms with Crippen molar-refractivity contribution in [3.05, 3.63) is 45.7 Å². The Labute approximate surface area is 154 Å². The fourth-order valence-electron chi connectivity index (χ4n) is 3.08. The van der Waals surface area contributed by atoms with E-state index < -0.39 is 11.9 Å².